The van der Waals surface area contributed by atoms with Crippen molar-refractivity contribution in [2.24, 2.45) is 0 Å². The normalized spacial score (nSPS) is 19.1. The van der Waals surface area contributed by atoms with Crippen molar-refractivity contribution in [3.05, 3.63) is 35.9 Å². The zero-order valence-electron chi connectivity index (χ0n) is 12.5. The third-order valence-electron chi connectivity index (χ3n) is 3.74. The number of carbonyl (C=O) groups is 1. The van der Waals surface area contributed by atoms with Crippen molar-refractivity contribution in [1.82, 2.24) is 15.1 Å². The number of benzene rings is 1. The second-order valence-corrected chi connectivity index (χ2v) is 5.70. The summed E-state index contributed by atoms with van der Waals surface area (Å²) in [6.07, 6.45) is 2.87. The molecule has 1 atom stereocenters. The molecule has 1 aliphatic rings. The molecule has 0 spiro atoms. The van der Waals surface area contributed by atoms with E-state index in [0.29, 0.717) is 6.67 Å². The van der Waals surface area contributed by atoms with Gasteiger partial charge in [0.25, 0.3) is 0 Å². The maximum Gasteiger partial charge on any atom is 0.240 e. The van der Waals surface area contributed by atoms with Gasteiger partial charge in [-0.25, -0.2) is 0 Å². The summed E-state index contributed by atoms with van der Waals surface area (Å²) < 4.78 is 0. The van der Waals surface area contributed by atoms with E-state index in [9.17, 15) is 4.79 Å². The number of nitrogens with one attached hydrogen (secondary N) is 1. The number of aryl methyl sites for hydroxylation is 1. The van der Waals surface area contributed by atoms with Crippen molar-refractivity contribution in [3.8, 4) is 0 Å². The summed E-state index contributed by atoms with van der Waals surface area (Å²) in [6, 6.07) is 10.4. The summed E-state index contributed by atoms with van der Waals surface area (Å²) in [6.45, 7) is 2.58. The zero-order valence-corrected chi connectivity index (χ0v) is 12.5. The largest absolute Gasteiger partial charge is 0.329 e. The van der Waals surface area contributed by atoms with Gasteiger partial charge in [-0.15, -0.1) is 0 Å². The molecule has 0 aliphatic carbocycles. The van der Waals surface area contributed by atoms with E-state index in [1.54, 1.807) is 0 Å². The van der Waals surface area contributed by atoms with Gasteiger partial charge in [-0.05, 0) is 45.5 Å². The Bertz CT molecular complexity index is 419. The van der Waals surface area contributed by atoms with Gasteiger partial charge in [0.15, 0.2) is 0 Å². The zero-order chi connectivity index (χ0) is 14.4. The number of nitrogens with zero attached hydrogens (tertiary/aromatic N) is 2. The Hall–Kier alpha value is -1.39. The van der Waals surface area contributed by atoms with Crippen LogP contribution in [-0.4, -0.2) is 55.6 Å². The van der Waals surface area contributed by atoms with Crippen molar-refractivity contribution < 1.29 is 4.79 Å². The van der Waals surface area contributed by atoms with Crippen molar-refractivity contribution in [2.45, 2.75) is 25.3 Å². The van der Waals surface area contributed by atoms with E-state index in [2.05, 4.69) is 36.4 Å². The summed E-state index contributed by atoms with van der Waals surface area (Å²) in [5.74, 6) is 0.264. The lowest BCUT2D eigenvalue weighted by Crippen LogP contribution is -2.32. The van der Waals surface area contributed by atoms with Gasteiger partial charge < -0.3 is 9.80 Å². The highest BCUT2D eigenvalue weighted by Gasteiger charge is 2.29. The quantitative estimate of drug-likeness (QED) is 0.815. The Morgan fingerprint density at radius 2 is 2.05 bits per heavy atom. The van der Waals surface area contributed by atoms with Crippen molar-refractivity contribution >= 4 is 5.91 Å². The topological polar surface area (TPSA) is 35.6 Å². The van der Waals surface area contributed by atoms with Crippen LogP contribution < -0.4 is 5.32 Å². The Labute approximate surface area is 121 Å². The van der Waals surface area contributed by atoms with Crippen LogP contribution in [0, 0.1) is 0 Å². The maximum atomic E-state index is 12.3. The molecule has 0 aromatic heterocycles. The molecule has 20 heavy (non-hydrogen) atoms. The monoisotopic (exact) mass is 275 g/mol. The molecule has 1 aromatic rings. The lowest BCUT2D eigenvalue weighted by molar-refractivity contribution is -0.129. The summed E-state index contributed by atoms with van der Waals surface area (Å²) in [7, 11) is 4.12. The first-order chi connectivity index (χ1) is 9.66. The van der Waals surface area contributed by atoms with Gasteiger partial charge >= 0.3 is 0 Å². The van der Waals surface area contributed by atoms with Crippen molar-refractivity contribution in [3.63, 3.8) is 0 Å². The number of hydrogen-bond acceptors (Lipinski definition) is 3. The minimum Gasteiger partial charge on any atom is -0.329 e. The van der Waals surface area contributed by atoms with Crippen LogP contribution in [0.1, 0.15) is 18.4 Å². The Balaban J connectivity index is 1.73. The lowest BCUT2D eigenvalue weighted by atomic mass is 10.1. The average Bonchev–Trinajstić information content (AvgIpc) is 2.79. The molecule has 2 rings (SSSR count). The molecule has 0 bridgehead atoms. The van der Waals surface area contributed by atoms with E-state index in [0.717, 1.165) is 32.4 Å². The molecular weight excluding hydrogens is 250 g/mol. The van der Waals surface area contributed by atoms with Gasteiger partial charge in [-0.1, -0.05) is 30.3 Å². The molecule has 1 heterocycles. The predicted molar refractivity (Wildman–Crippen MR) is 81.4 cm³/mol. The van der Waals surface area contributed by atoms with Crippen LogP contribution in [0.4, 0.5) is 0 Å². The summed E-state index contributed by atoms with van der Waals surface area (Å²) in [5, 5.41) is 3.33. The fourth-order valence-electron chi connectivity index (χ4n) is 2.55. The summed E-state index contributed by atoms with van der Waals surface area (Å²) in [4.78, 5) is 16.3. The molecular formula is C16H25N3O. The first kappa shape index (κ1) is 15.0. The first-order valence-electron chi connectivity index (χ1n) is 7.37. The van der Waals surface area contributed by atoms with Crippen LogP contribution >= 0.6 is 0 Å². The van der Waals surface area contributed by atoms with E-state index in [-0.39, 0.29) is 11.9 Å². The molecule has 1 saturated heterocycles. The van der Waals surface area contributed by atoms with Gasteiger partial charge in [0, 0.05) is 6.54 Å². The van der Waals surface area contributed by atoms with Gasteiger partial charge in [-0.3, -0.25) is 10.1 Å². The van der Waals surface area contributed by atoms with Crippen LogP contribution in [0.5, 0.6) is 0 Å². The molecule has 1 amide bonds. The fourth-order valence-corrected chi connectivity index (χ4v) is 2.55. The van der Waals surface area contributed by atoms with Gasteiger partial charge in [0.05, 0.1) is 12.7 Å². The third kappa shape index (κ3) is 4.32. The SMILES string of the molecule is CN(C)CCCN1CNC(CCc2ccccc2)C1=O. The number of rotatable bonds is 7. The van der Waals surface area contributed by atoms with Gasteiger partial charge in [0.2, 0.25) is 5.91 Å². The Morgan fingerprint density at radius 1 is 1.30 bits per heavy atom. The maximum absolute atomic E-state index is 12.3. The van der Waals surface area contributed by atoms with E-state index in [4.69, 9.17) is 0 Å². The Morgan fingerprint density at radius 3 is 2.75 bits per heavy atom. The van der Waals surface area contributed by atoms with Crippen LogP contribution in [0.2, 0.25) is 0 Å². The molecule has 110 valence electrons. The second-order valence-electron chi connectivity index (χ2n) is 5.70. The molecule has 1 N–H and O–H groups in total. The summed E-state index contributed by atoms with van der Waals surface area (Å²) in [5.41, 5.74) is 1.30. The third-order valence-corrected chi connectivity index (χ3v) is 3.74. The first-order valence-corrected chi connectivity index (χ1v) is 7.37. The lowest BCUT2D eigenvalue weighted by Gasteiger charge is -2.17. The van der Waals surface area contributed by atoms with E-state index < -0.39 is 0 Å². The molecule has 1 unspecified atom stereocenters. The van der Waals surface area contributed by atoms with Gasteiger partial charge in [0.1, 0.15) is 0 Å². The minimum atomic E-state index is -0.00503. The second kappa shape index (κ2) is 7.41. The highest BCUT2D eigenvalue weighted by atomic mass is 16.2. The standard InChI is InChI=1S/C16H25N3O/c1-18(2)11-6-12-19-13-17-15(16(19)20)10-9-14-7-4-3-5-8-14/h3-5,7-8,15,17H,6,9-13H2,1-2H3. The van der Waals surface area contributed by atoms with Crippen molar-refractivity contribution in [1.29, 1.82) is 0 Å². The van der Waals surface area contributed by atoms with Crippen LogP contribution in [-0.2, 0) is 11.2 Å². The number of amides is 1. The highest BCUT2D eigenvalue weighted by molar-refractivity contribution is 5.83. The Kier molecular flexibility index (Phi) is 5.56. The molecule has 1 aliphatic heterocycles. The molecule has 0 radical (unpaired) electrons. The van der Waals surface area contributed by atoms with E-state index in [1.807, 2.05) is 23.1 Å². The average molecular weight is 275 g/mol. The molecule has 1 aromatic carbocycles. The predicted octanol–water partition coefficient (Wildman–Crippen LogP) is 1.33. The molecule has 4 heteroatoms. The molecule has 0 saturated carbocycles. The van der Waals surface area contributed by atoms with Crippen LogP contribution in [0.15, 0.2) is 30.3 Å². The molecule has 4 nitrogen and oxygen atoms in total. The minimum absolute atomic E-state index is 0.00503. The smallest absolute Gasteiger partial charge is 0.240 e. The molecule has 1 fully saturated rings. The summed E-state index contributed by atoms with van der Waals surface area (Å²) >= 11 is 0. The van der Waals surface area contributed by atoms with Crippen LogP contribution in [0.25, 0.3) is 0 Å². The van der Waals surface area contributed by atoms with E-state index in [1.165, 1.54) is 5.56 Å². The highest BCUT2D eigenvalue weighted by Crippen LogP contribution is 2.11. The van der Waals surface area contributed by atoms with Crippen LogP contribution in [0.3, 0.4) is 0 Å². The number of hydrogen-bond donors (Lipinski definition) is 1. The van der Waals surface area contributed by atoms with Crippen molar-refractivity contribution in [2.75, 3.05) is 33.9 Å². The number of carbonyl (C=O) groups excluding carboxylic acids is 1. The van der Waals surface area contributed by atoms with E-state index >= 15 is 0 Å². The van der Waals surface area contributed by atoms with Gasteiger partial charge in [-0.2, -0.15) is 0 Å². The fraction of sp³-hybridized carbons (Fsp3) is 0.562.